The van der Waals surface area contributed by atoms with Crippen LogP contribution < -0.4 is 10.5 Å². The van der Waals surface area contributed by atoms with Crippen molar-refractivity contribution in [1.29, 1.82) is 0 Å². The van der Waals surface area contributed by atoms with E-state index in [4.69, 9.17) is 10.5 Å². The van der Waals surface area contributed by atoms with E-state index in [0.717, 1.165) is 27.0 Å². The van der Waals surface area contributed by atoms with E-state index >= 15 is 0 Å². The average molecular weight is 286 g/mol. The van der Waals surface area contributed by atoms with Crippen LogP contribution in [0.5, 0.6) is 5.75 Å². The van der Waals surface area contributed by atoms with E-state index in [0.29, 0.717) is 6.54 Å². The number of aromatic nitrogens is 3. The molecule has 0 spiro atoms. The Morgan fingerprint density at radius 2 is 2.15 bits per heavy atom. The zero-order chi connectivity index (χ0) is 13.9. The molecule has 1 aromatic carbocycles. The van der Waals surface area contributed by atoms with Crippen molar-refractivity contribution < 1.29 is 4.74 Å². The largest absolute Gasteiger partial charge is 0.497 e. The smallest absolute Gasteiger partial charge is 0.200 e. The van der Waals surface area contributed by atoms with Crippen molar-refractivity contribution in [2.24, 2.45) is 5.73 Å². The Kier molecular flexibility index (Phi) is 3.58. The van der Waals surface area contributed by atoms with Gasteiger partial charge in [0.1, 0.15) is 5.75 Å². The van der Waals surface area contributed by atoms with Gasteiger partial charge in [0.15, 0.2) is 10.8 Å². The van der Waals surface area contributed by atoms with Gasteiger partial charge in [-0.3, -0.25) is 4.40 Å². The molecule has 0 unspecified atom stereocenters. The van der Waals surface area contributed by atoms with Crippen molar-refractivity contribution in [1.82, 2.24) is 14.6 Å². The highest BCUT2D eigenvalue weighted by molar-refractivity contribution is 7.99. The number of fused-ring (bicyclic) bond motifs is 1. The fourth-order valence-electron chi connectivity index (χ4n) is 1.91. The van der Waals surface area contributed by atoms with Gasteiger partial charge in [0, 0.05) is 17.6 Å². The van der Waals surface area contributed by atoms with Crippen molar-refractivity contribution in [2.75, 3.05) is 7.11 Å². The summed E-state index contributed by atoms with van der Waals surface area (Å²) < 4.78 is 7.21. The first-order valence-corrected chi connectivity index (χ1v) is 6.98. The van der Waals surface area contributed by atoms with Gasteiger partial charge in [0.25, 0.3) is 0 Å². The summed E-state index contributed by atoms with van der Waals surface area (Å²) in [4.78, 5) is 1.03. The van der Waals surface area contributed by atoms with Crippen LogP contribution in [0.25, 0.3) is 5.65 Å². The van der Waals surface area contributed by atoms with Crippen LogP contribution in [0, 0.1) is 0 Å². The van der Waals surface area contributed by atoms with Crippen LogP contribution in [0.15, 0.2) is 52.6 Å². The zero-order valence-electron chi connectivity index (χ0n) is 11.0. The molecule has 102 valence electrons. The lowest BCUT2D eigenvalue weighted by atomic mass is 10.2. The summed E-state index contributed by atoms with van der Waals surface area (Å²) >= 11 is 1.53. The van der Waals surface area contributed by atoms with Crippen molar-refractivity contribution in [2.45, 2.75) is 16.6 Å². The summed E-state index contributed by atoms with van der Waals surface area (Å²) in [5.41, 5.74) is 7.67. The first-order chi connectivity index (χ1) is 9.81. The Morgan fingerprint density at radius 3 is 2.95 bits per heavy atom. The van der Waals surface area contributed by atoms with Crippen LogP contribution in [0.1, 0.15) is 5.56 Å². The average Bonchev–Trinajstić information content (AvgIpc) is 2.90. The van der Waals surface area contributed by atoms with Gasteiger partial charge in [0.2, 0.25) is 0 Å². The molecule has 2 N–H and O–H groups in total. The second-order valence-electron chi connectivity index (χ2n) is 4.19. The van der Waals surface area contributed by atoms with Crippen LogP contribution in [-0.4, -0.2) is 21.7 Å². The van der Waals surface area contributed by atoms with E-state index in [1.165, 1.54) is 11.8 Å². The molecule has 5 nitrogen and oxygen atoms in total. The number of nitrogens with zero attached hydrogens (tertiary/aromatic N) is 3. The van der Waals surface area contributed by atoms with Crippen LogP contribution in [-0.2, 0) is 6.54 Å². The molecule has 3 aromatic rings. The monoisotopic (exact) mass is 286 g/mol. The third kappa shape index (κ3) is 2.35. The predicted molar refractivity (Wildman–Crippen MR) is 78.0 cm³/mol. The molecule has 0 saturated carbocycles. The topological polar surface area (TPSA) is 65.4 Å². The number of rotatable bonds is 4. The maximum Gasteiger partial charge on any atom is 0.200 e. The van der Waals surface area contributed by atoms with Gasteiger partial charge >= 0.3 is 0 Å². The van der Waals surface area contributed by atoms with Crippen molar-refractivity contribution in [3.05, 3.63) is 48.2 Å². The van der Waals surface area contributed by atoms with Crippen LogP contribution >= 0.6 is 11.8 Å². The molecule has 0 aliphatic heterocycles. The first kappa shape index (κ1) is 13.0. The fourth-order valence-corrected chi connectivity index (χ4v) is 2.90. The standard InChI is InChI=1S/C14H14N4OS/c1-19-11-6-5-10(9-15)12(8-11)20-14-17-16-13-4-2-3-7-18(13)14/h2-8H,9,15H2,1H3. The SMILES string of the molecule is COc1ccc(CN)c(Sc2nnc3ccccn23)c1. The molecule has 0 aliphatic carbocycles. The van der Waals surface area contributed by atoms with Crippen LogP contribution in [0.4, 0.5) is 0 Å². The molecule has 0 aliphatic rings. The Bertz CT molecular complexity index is 741. The van der Waals surface area contributed by atoms with Gasteiger partial charge in [-0.1, -0.05) is 12.1 Å². The van der Waals surface area contributed by atoms with E-state index in [1.54, 1.807) is 7.11 Å². The Hall–Kier alpha value is -2.05. The molecule has 0 atom stereocenters. The first-order valence-electron chi connectivity index (χ1n) is 6.16. The minimum absolute atomic E-state index is 0.475. The molecule has 3 rings (SSSR count). The molecule has 0 fully saturated rings. The third-order valence-corrected chi connectivity index (χ3v) is 4.04. The lowest BCUT2D eigenvalue weighted by Gasteiger charge is -2.08. The Labute approximate surface area is 120 Å². The molecule has 0 saturated heterocycles. The highest BCUT2D eigenvalue weighted by Gasteiger charge is 2.10. The third-order valence-electron chi connectivity index (χ3n) is 2.98. The van der Waals surface area contributed by atoms with E-state index in [9.17, 15) is 0 Å². The highest BCUT2D eigenvalue weighted by Crippen LogP contribution is 2.32. The Morgan fingerprint density at radius 1 is 1.25 bits per heavy atom. The van der Waals surface area contributed by atoms with Gasteiger partial charge in [-0.05, 0) is 41.6 Å². The number of hydrogen-bond donors (Lipinski definition) is 1. The van der Waals surface area contributed by atoms with Crippen molar-refractivity contribution in [3.63, 3.8) is 0 Å². The number of ether oxygens (including phenoxy) is 1. The van der Waals surface area contributed by atoms with Crippen LogP contribution in [0.2, 0.25) is 0 Å². The normalized spacial score (nSPS) is 10.9. The maximum absolute atomic E-state index is 5.79. The molecule has 0 amide bonds. The van der Waals surface area contributed by atoms with Crippen molar-refractivity contribution in [3.8, 4) is 5.75 Å². The number of methoxy groups -OCH3 is 1. The van der Waals surface area contributed by atoms with Crippen LogP contribution in [0.3, 0.4) is 0 Å². The summed E-state index contributed by atoms with van der Waals surface area (Å²) in [5.74, 6) is 0.804. The number of hydrogen-bond acceptors (Lipinski definition) is 5. The van der Waals surface area contributed by atoms with Gasteiger partial charge in [-0.2, -0.15) is 0 Å². The lowest BCUT2D eigenvalue weighted by Crippen LogP contribution is -1.99. The summed E-state index contributed by atoms with van der Waals surface area (Å²) in [5, 5.41) is 9.17. The van der Waals surface area contributed by atoms with Gasteiger partial charge < -0.3 is 10.5 Å². The molecular weight excluding hydrogens is 272 g/mol. The molecule has 0 bridgehead atoms. The molecule has 2 aromatic heterocycles. The summed E-state index contributed by atoms with van der Waals surface area (Å²) in [7, 11) is 1.65. The summed E-state index contributed by atoms with van der Waals surface area (Å²) in [6, 6.07) is 11.7. The minimum atomic E-state index is 0.475. The predicted octanol–water partition coefficient (Wildman–Crippen LogP) is 2.35. The minimum Gasteiger partial charge on any atom is -0.497 e. The molecular formula is C14H14N4OS. The molecule has 2 heterocycles. The number of benzene rings is 1. The molecule has 20 heavy (non-hydrogen) atoms. The van der Waals surface area contributed by atoms with E-state index in [1.807, 2.05) is 47.0 Å². The maximum atomic E-state index is 5.79. The van der Waals surface area contributed by atoms with Crippen molar-refractivity contribution >= 4 is 17.4 Å². The second-order valence-corrected chi connectivity index (χ2v) is 5.20. The molecule has 0 radical (unpaired) electrons. The second kappa shape index (κ2) is 5.52. The fraction of sp³-hybridized carbons (Fsp3) is 0.143. The number of nitrogens with two attached hydrogens (primary N) is 1. The lowest BCUT2D eigenvalue weighted by molar-refractivity contribution is 0.413. The van der Waals surface area contributed by atoms with E-state index < -0.39 is 0 Å². The van der Waals surface area contributed by atoms with E-state index in [2.05, 4.69) is 10.2 Å². The van der Waals surface area contributed by atoms with Gasteiger partial charge in [-0.15, -0.1) is 10.2 Å². The Balaban J connectivity index is 2.01. The highest BCUT2D eigenvalue weighted by atomic mass is 32.2. The molecule has 6 heteroatoms. The quantitative estimate of drug-likeness (QED) is 0.797. The van der Waals surface area contributed by atoms with Gasteiger partial charge in [0.05, 0.1) is 7.11 Å². The number of pyridine rings is 1. The van der Waals surface area contributed by atoms with Gasteiger partial charge in [-0.25, -0.2) is 0 Å². The van der Waals surface area contributed by atoms with E-state index in [-0.39, 0.29) is 0 Å². The summed E-state index contributed by atoms with van der Waals surface area (Å²) in [6.07, 6.45) is 1.94. The summed E-state index contributed by atoms with van der Waals surface area (Å²) in [6.45, 7) is 0.475. The zero-order valence-corrected chi connectivity index (χ0v) is 11.8.